The largest absolute Gasteiger partial charge is 0.289 e. The Morgan fingerprint density at radius 2 is 1.76 bits per heavy atom. The molecular weight excluding hydrogens is 212 g/mol. The van der Waals surface area contributed by atoms with E-state index in [9.17, 15) is 0 Å². The molecule has 2 heterocycles. The minimum atomic E-state index is 0.602. The summed E-state index contributed by atoms with van der Waals surface area (Å²) in [6.07, 6.45) is 12.4. The Morgan fingerprint density at radius 1 is 1.12 bits per heavy atom. The lowest BCUT2D eigenvalue weighted by atomic mass is 10.0. The summed E-state index contributed by atoms with van der Waals surface area (Å²) in [7, 11) is 0. The first kappa shape index (κ1) is 11.6. The highest BCUT2D eigenvalue weighted by molar-refractivity contribution is 5.44. The van der Waals surface area contributed by atoms with Crippen molar-refractivity contribution in [3.8, 4) is 6.07 Å². The van der Waals surface area contributed by atoms with Crippen LogP contribution in [0.2, 0.25) is 0 Å². The van der Waals surface area contributed by atoms with E-state index in [0.717, 1.165) is 0 Å². The van der Waals surface area contributed by atoms with Crippen LogP contribution in [0.4, 0.5) is 0 Å². The molecule has 0 aliphatic heterocycles. The highest BCUT2D eigenvalue weighted by atomic mass is 15.2. The normalized spacial score (nSPS) is 14.8. The molecule has 88 valence electrons. The van der Waals surface area contributed by atoms with Gasteiger partial charge in [0.2, 0.25) is 0 Å². The third kappa shape index (κ3) is 3.28. The zero-order chi connectivity index (χ0) is 11.9. The summed E-state index contributed by atoms with van der Waals surface area (Å²) < 4.78 is 1.75. The second-order valence-electron chi connectivity index (χ2n) is 4.24. The van der Waals surface area contributed by atoms with Crippen molar-refractivity contribution in [1.82, 2.24) is 14.6 Å². The Bertz CT molecular complexity index is 494. The topological polar surface area (TPSA) is 54.0 Å². The summed E-state index contributed by atoms with van der Waals surface area (Å²) in [6, 6.07) is 5.43. The van der Waals surface area contributed by atoms with Crippen molar-refractivity contribution in [2.45, 2.75) is 38.5 Å². The van der Waals surface area contributed by atoms with Crippen LogP contribution in [0, 0.1) is 11.3 Å². The lowest BCUT2D eigenvalue weighted by Crippen LogP contribution is -1.85. The summed E-state index contributed by atoms with van der Waals surface area (Å²) in [5, 5.41) is 16.0. The minimum absolute atomic E-state index is 0.602. The Balaban J connectivity index is 0.000000153. The molecule has 0 spiro atoms. The van der Waals surface area contributed by atoms with Crippen molar-refractivity contribution in [3.05, 3.63) is 30.2 Å². The lowest BCUT2D eigenvalue weighted by molar-refractivity contribution is 0.504. The fraction of sp³-hybridized carbons (Fsp3) is 0.462. The highest BCUT2D eigenvalue weighted by Crippen LogP contribution is 2.15. The van der Waals surface area contributed by atoms with Crippen molar-refractivity contribution in [3.63, 3.8) is 0 Å². The van der Waals surface area contributed by atoms with E-state index in [2.05, 4.69) is 10.2 Å². The highest BCUT2D eigenvalue weighted by Gasteiger charge is 1.95. The third-order valence-electron chi connectivity index (χ3n) is 2.93. The predicted octanol–water partition coefficient (Wildman–Crippen LogP) is 2.94. The molecule has 0 atom stereocenters. The Morgan fingerprint density at radius 3 is 2.35 bits per heavy atom. The van der Waals surface area contributed by atoms with Gasteiger partial charge in [-0.25, -0.2) is 0 Å². The summed E-state index contributed by atoms with van der Waals surface area (Å²) in [4.78, 5) is 0. The van der Waals surface area contributed by atoms with Gasteiger partial charge in [0.25, 0.3) is 0 Å². The maximum atomic E-state index is 8.53. The van der Waals surface area contributed by atoms with Gasteiger partial charge in [0, 0.05) is 12.3 Å². The van der Waals surface area contributed by atoms with Gasteiger partial charge >= 0.3 is 0 Å². The molecule has 0 saturated heterocycles. The molecule has 0 N–H and O–H groups in total. The van der Waals surface area contributed by atoms with Crippen LogP contribution in [-0.2, 0) is 0 Å². The molecule has 4 heteroatoms. The zero-order valence-electron chi connectivity index (χ0n) is 9.84. The van der Waals surface area contributed by atoms with Crippen molar-refractivity contribution >= 4 is 5.65 Å². The van der Waals surface area contributed by atoms with Gasteiger partial charge in [-0.3, -0.25) is 4.40 Å². The molecule has 4 nitrogen and oxygen atoms in total. The van der Waals surface area contributed by atoms with Gasteiger partial charge in [-0.15, -0.1) is 10.2 Å². The average molecular weight is 228 g/mol. The Labute approximate surface area is 101 Å². The summed E-state index contributed by atoms with van der Waals surface area (Å²) >= 11 is 0. The molecule has 0 aromatic carbocycles. The number of hydrogen-bond donors (Lipinski definition) is 0. The monoisotopic (exact) mass is 228 g/mol. The van der Waals surface area contributed by atoms with E-state index in [1.54, 1.807) is 29.1 Å². The maximum Gasteiger partial charge on any atom is 0.161 e. The molecule has 3 rings (SSSR count). The van der Waals surface area contributed by atoms with Crippen LogP contribution < -0.4 is 0 Å². The van der Waals surface area contributed by atoms with Crippen LogP contribution in [0.25, 0.3) is 5.65 Å². The SMILES string of the molecule is C1CCCCC1.N#Cc1ccn2cnnc2c1. The van der Waals surface area contributed by atoms with Crippen LogP contribution in [0.15, 0.2) is 24.7 Å². The van der Waals surface area contributed by atoms with Crippen molar-refractivity contribution in [2.75, 3.05) is 0 Å². The Kier molecular flexibility index (Phi) is 4.09. The third-order valence-corrected chi connectivity index (χ3v) is 2.93. The van der Waals surface area contributed by atoms with E-state index in [1.807, 2.05) is 6.07 Å². The molecule has 1 fully saturated rings. The van der Waals surface area contributed by atoms with Crippen LogP contribution in [0.5, 0.6) is 0 Å². The molecule has 1 saturated carbocycles. The minimum Gasteiger partial charge on any atom is -0.289 e. The van der Waals surface area contributed by atoms with Crippen LogP contribution in [0.3, 0.4) is 0 Å². The smallest absolute Gasteiger partial charge is 0.161 e. The predicted molar refractivity (Wildman–Crippen MR) is 65.4 cm³/mol. The average Bonchev–Trinajstić information content (AvgIpc) is 2.88. The molecule has 1 aliphatic rings. The van der Waals surface area contributed by atoms with E-state index in [0.29, 0.717) is 11.2 Å². The molecule has 0 bridgehead atoms. The van der Waals surface area contributed by atoms with Gasteiger partial charge in [-0.1, -0.05) is 38.5 Å². The maximum absolute atomic E-state index is 8.53. The first-order chi connectivity index (χ1) is 8.40. The van der Waals surface area contributed by atoms with Gasteiger partial charge in [0.1, 0.15) is 6.33 Å². The standard InChI is InChI=1S/C7H4N4.C6H12/c8-4-6-1-2-11-5-9-10-7(11)3-6;1-2-4-6-5-3-1/h1-3,5H;1-6H2. The van der Waals surface area contributed by atoms with Crippen LogP contribution in [-0.4, -0.2) is 14.6 Å². The van der Waals surface area contributed by atoms with E-state index >= 15 is 0 Å². The molecule has 1 aliphatic carbocycles. The number of aromatic nitrogens is 3. The van der Waals surface area contributed by atoms with Crippen molar-refractivity contribution in [2.24, 2.45) is 0 Å². The fourth-order valence-electron chi connectivity index (χ4n) is 1.95. The van der Waals surface area contributed by atoms with E-state index in [4.69, 9.17) is 5.26 Å². The molecule has 0 amide bonds. The summed E-state index contributed by atoms with van der Waals surface area (Å²) in [5.41, 5.74) is 1.30. The number of fused-ring (bicyclic) bond motifs is 1. The number of nitriles is 1. The summed E-state index contributed by atoms with van der Waals surface area (Å²) in [6.45, 7) is 0. The lowest BCUT2D eigenvalue weighted by Gasteiger charge is -2.05. The second kappa shape index (κ2) is 6.00. The number of pyridine rings is 1. The van der Waals surface area contributed by atoms with Gasteiger partial charge in [-0.05, 0) is 6.07 Å². The first-order valence-electron chi connectivity index (χ1n) is 6.09. The van der Waals surface area contributed by atoms with Crippen LogP contribution in [0.1, 0.15) is 44.1 Å². The van der Waals surface area contributed by atoms with Gasteiger partial charge in [-0.2, -0.15) is 5.26 Å². The molecule has 17 heavy (non-hydrogen) atoms. The zero-order valence-corrected chi connectivity index (χ0v) is 9.84. The Hall–Kier alpha value is -1.89. The second-order valence-corrected chi connectivity index (χ2v) is 4.24. The number of hydrogen-bond acceptors (Lipinski definition) is 3. The van der Waals surface area contributed by atoms with Crippen molar-refractivity contribution in [1.29, 1.82) is 5.26 Å². The van der Waals surface area contributed by atoms with Gasteiger partial charge in [0.05, 0.1) is 11.6 Å². The van der Waals surface area contributed by atoms with Crippen LogP contribution >= 0.6 is 0 Å². The molecule has 2 aromatic heterocycles. The number of nitrogens with zero attached hydrogens (tertiary/aromatic N) is 4. The van der Waals surface area contributed by atoms with Gasteiger partial charge < -0.3 is 0 Å². The van der Waals surface area contributed by atoms with Gasteiger partial charge in [0.15, 0.2) is 5.65 Å². The van der Waals surface area contributed by atoms with E-state index in [1.165, 1.54) is 38.5 Å². The fourth-order valence-corrected chi connectivity index (χ4v) is 1.95. The number of rotatable bonds is 0. The molecule has 0 radical (unpaired) electrons. The first-order valence-corrected chi connectivity index (χ1v) is 6.09. The quantitative estimate of drug-likeness (QED) is 0.696. The van der Waals surface area contributed by atoms with Crippen molar-refractivity contribution < 1.29 is 0 Å². The molecule has 0 unspecified atom stereocenters. The van der Waals surface area contributed by atoms with E-state index < -0.39 is 0 Å². The molecule has 2 aromatic rings. The summed E-state index contributed by atoms with van der Waals surface area (Å²) in [5.74, 6) is 0. The van der Waals surface area contributed by atoms with E-state index in [-0.39, 0.29) is 0 Å². The molecular formula is C13H16N4.